The molecule has 0 bridgehead atoms. The van der Waals surface area contributed by atoms with Crippen molar-refractivity contribution in [3.63, 3.8) is 0 Å². The van der Waals surface area contributed by atoms with Gasteiger partial charge in [0.2, 0.25) is 11.7 Å². The molecule has 2 aromatic heterocycles. The van der Waals surface area contributed by atoms with E-state index in [9.17, 15) is 18.0 Å². The minimum absolute atomic E-state index is 0.293. The molecule has 0 fully saturated rings. The van der Waals surface area contributed by atoms with Gasteiger partial charge in [-0.05, 0) is 12.1 Å². The number of hydrogen-bond acceptors (Lipinski definition) is 5. The van der Waals surface area contributed by atoms with Crippen molar-refractivity contribution < 1.29 is 22.5 Å². The van der Waals surface area contributed by atoms with Gasteiger partial charge in [0.1, 0.15) is 0 Å². The zero-order valence-corrected chi connectivity index (χ0v) is 13.1. The summed E-state index contributed by atoms with van der Waals surface area (Å²) in [6, 6.07) is 6.37. The summed E-state index contributed by atoms with van der Waals surface area (Å²) in [5.41, 5.74) is -0.952. The molecule has 0 aliphatic carbocycles. The van der Waals surface area contributed by atoms with E-state index in [2.05, 4.69) is 20.6 Å². The minimum atomic E-state index is -4.72. The fraction of sp³-hybridized carbons (Fsp3) is 0.200. The Morgan fingerprint density at radius 2 is 2.08 bits per heavy atom. The van der Waals surface area contributed by atoms with Gasteiger partial charge in [-0.2, -0.15) is 23.3 Å². The molecule has 3 rings (SSSR count). The van der Waals surface area contributed by atoms with Gasteiger partial charge < -0.3 is 9.84 Å². The van der Waals surface area contributed by atoms with Crippen molar-refractivity contribution in [2.75, 3.05) is 5.32 Å². The molecule has 0 aliphatic rings. The van der Waals surface area contributed by atoms with Crippen molar-refractivity contribution >= 4 is 11.6 Å². The molecular formula is C15H12F3N5O2. The Labute approximate surface area is 139 Å². The predicted molar refractivity (Wildman–Crippen MR) is 80.6 cm³/mol. The van der Waals surface area contributed by atoms with Crippen molar-refractivity contribution in [3.8, 4) is 11.4 Å². The first kappa shape index (κ1) is 16.7. The molecule has 0 saturated heterocycles. The Morgan fingerprint density at radius 3 is 2.72 bits per heavy atom. The maximum atomic E-state index is 13.0. The third-order valence-corrected chi connectivity index (χ3v) is 3.25. The predicted octanol–water partition coefficient (Wildman–Crippen LogP) is 3.05. The smallest absolute Gasteiger partial charge is 0.339 e. The molecule has 0 spiro atoms. The van der Waals surface area contributed by atoms with Gasteiger partial charge in [-0.3, -0.25) is 9.48 Å². The Morgan fingerprint density at radius 1 is 1.32 bits per heavy atom. The van der Waals surface area contributed by atoms with Gasteiger partial charge in [-0.25, -0.2) is 0 Å². The van der Waals surface area contributed by atoms with E-state index in [1.165, 1.54) is 19.2 Å². The second-order valence-corrected chi connectivity index (χ2v) is 5.23. The van der Waals surface area contributed by atoms with E-state index in [0.29, 0.717) is 23.0 Å². The van der Waals surface area contributed by atoms with Crippen LogP contribution in [-0.4, -0.2) is 25.8 Å². The van der Waals surface area contributed by atoms with E-state index < -0.39 is 23.3 Å². The average molecular weight is 351 g/mol. The molecule has 2 heterocycles. The molecule has 1 amide bonds. The molecule has 0 aliphatic heterocycles. The van der Waals surface area contributed by atoms with Gasteiger partial charge in [-0.1, -0.05) is 17.3 Å². The number of rotatable bonds is 3. The largest absolute Gasteiger partial charge is 0.435 e. The van der Waals surface area contributed by atoms with Crippen LogP contribution in [0.15, 0.2) is 35.0 Å². The van der Waals surface area contributed by atoms with E-state index >= 15 is 0 Å². The van der Waals surface area contributed by atoms with Crippen molar-refractivity contribution in [1.29, 1.82) is 0 Å². The van der Waals surface area contributed by atoms with E-state index in [-0.39, 0.29) is 0 Å². The number of nitrogens with one attached hydrogen (secondary N) is 1. The van der Waals surface area contributed by atoms with Crippen LogP contribution in [-0.2, 0) is 13.2 Å². The highest BCUT2D eigenvalue weighted by Gasteiger charge is 2.39. The van der Waals surface area contributed by atoms with Crippen molar-refractivity contribution in [2.24, 2.45) is 7.05 Å². The summed E-state index contributed by atoms with van der Waals surface area (Å²) in [6.07, 6.45) is -3.71. The molecule has 130 valence electrons. The number of nitrogens with zero attached hydrogens (tertiary/aromatic N) is 4. The van der Waals surface area contributed by atoms with Gasteiger partial charge in [0.25, 0.3) is 5.91 Å². The summed E-state index contributed by atoms with van der Waals surface area (Å²) in [4.78, 5) is 16.3. The van der Waals surface area contributed by atoms with E-state index in [4.69, 9.17) is 4.52 Å². The van der Waals surface area contributed by atoms with Gasteiger partial charge in [0.15, 0.2) is 5.69 Å². The second kappa shape index (κ2) is 6.04. The number of halogens is 3. The number of benzene rings is 1. The SMILES string of the molecule is Cc1nc(-c2cccc(NC(=O)c3cn(C)nc3C(F)(F)F)c2)no1. The van der Waals surface area contributed by atoms with Crippen LogP contribution in [0.3, 0.4) is 0 Å². The van der Waals surface area contributed by atoms with Gasteiger partial charge in [0, 0.05) is 31.4 Å². The lowest BCUT2D eigenvalue weighted by molar-refractivity contribution is -0.141. The van der Waals surface area contributed by atoms with Crippen LogP contribution < -0.4 is 5.32 Å². The first-order valence-electron chi connectivity index (χ1n) is 7.07. The maximum Gasteiger partial charge on any atom is 0.435 e. The number of carbonyl (C=O) groups excluding carboxylic acids is 1. The van der Waals surface area contributed by atoms with E-state index in [1.54, 1.807) is 19.1 Å². The molecule has 10 heteroatoms. The molecule has 3 aromatic rings. The third kappa shape index (κ3) is 3.52. The molecule has 0 unspecified atom stereocenters. The lowest BCUT2D eigenvalue weighted by atomic mass is 10.1. The minimum Gasteiger partial charge on any atom is -0.339 e. The third-order valence-electron chi connectivity index (χ3n) is 3.25. The molecule has 0 radical (unpaired) electrons. The van der Waals surface area contributed by atoms with E-state index in [0.717, 1.165) is 10.9 Å². The van der Waals surface area contributed by atoms with Crippen LogP contribution in [0.4, 0.5) is 18.9 Å². The summed E-state index contributed by atoms with van der Waals surface area (Å²) in [7, 11) is 1.31. The van der Waals surface area contributed by atoms with Gasteiger partial charge in [-0.15, -0.1) is 0 Å². The Kier molecular flexibility index (Phi) is 4.03. The van der Waals surface area contributed by atoms with Crippen molar-refractivity contribution in [2.45, 2.75) is 13.1 Å². The lowest BCUT2D eigenvalue weighted by Crippen LogP contribution is -2.17. The Bertz CT molecular complexity index is 929. The molecule has 1 N–H and O–H groups in total. The molecule has 7 nitrogen and oxygen atoms in total. The summed E-state index contributed by atoms with van der Waals surface area (Å²) >= 11 is 0. The molecule has 25 heavy (non-hydrogen) atoms. The van der Waals surface area contributed by atoms with Crippen LogP contribution in [0.1, 0.15) is 21.9 Å². The van der Waals surface area contributed by atoms with Crippen LogP contribution in [0.5, 0.6) is 0 Å². The van der Waals surface area contributed by atoms with Crippen LogP contribution in [0.2, 0.25) is 0 Å². The number of aromatic nitrogens is 4. The zero-order chi connectivity index (χ0) is 18.2. The first-order valence-corrected chi connectivity index (χ1v) is 7.07. The van der Waals surface area contributed by atoms with E-state index in [1.807, 2.05) is 0 Å². The van der Waals surface area contributed by atoms with Crippen LogP contribution >= 0.6 is 0 Å². The number of anilines is 1. The van der Waals surface area contributed by atoms with Crippen LogP contribution in [0, 0.1) is 6.92 Å². The normalized spacial score (nSPS) is 11.6. The summed E-state index contributed by atoms with van der Waals surface area (Å²) in [5, 5.41) is 9.49. The number of amides is 1. The maximum absolute atomic E-state index is 13.0. The summed E-state index contributed by atoms with van der Waals surface area (Å²) in [6.45, 7) is 1.63. The molecular weight excluding hydrogens is 339 g/mol. The number of alkyl halides is 3. The van der Waals surface area contributed by atoms with Crippen molar-refractivity contribution in [1.82, 2.24) is 19.9 Å². The number of aryl methyl sites for hydroxylation is 2. The fourth-order valence-electron chi connectivity index (χ4n) is 2.21. The average Bonchev–Trinajstić information content (AvgIpc) is 3.13. The fourth-order valence-corrected chi connectivity index (χ4v) is 2.21. The number of hydrogen-bond donors (Lipinski definition) is 1. The standard InChI is InChI=1S/C15H12F3N5O2/c1-8-19-13(22-25-8)9-4-3-5-10(6-9)20-14(24)11-7-23(2)21-12(11)15(16,17)18/h3-7H,1-2H3,(H,20,24). The van der Waals surface area contributed by atoms with Crippen molar-refractivity contribution in [3.05, 3.63) is 47.6 Å². The molecule has 1 aromatic carbocycles. The monoisotopic (exact) mass is 351 g/mol. The molecule has 0 saturated carbocycles. The lowest BCUT2D eigenvalue weighted by Gasteiger charge is -2.08. The Hall–Kier alpha value is -3.17. The second-order valence-electron chi connectivity index (χ2n) is 5.23. The zero-order valence-electron chi connectivity index (χ0n) is 13.1. The topological polar surface area (TPSA) is 85.8 Å². The quantitative estimate of drug-likeness (QED) is 0.784. The van der Waals surface area contributed by atoms with Gasteiger partial charge in [0.05, 0.1) is 5.56 Å². The van der Waals surface area contributed by atoms with Gasteiger partial charge >= 0.3 is 6.18 Å². The highest BCUT2D eigenvalue weighted by atomic mass is 19.4. The summed E-state index contributed by atoms with van der Waals surface area (Å²) in [5.74, 6) is -0.234. The summed E-state index contributed by atoms with van der Waals surface area (Å²) < 4.78 is 44.7. The highest BCUT2D eigenvalue weighted by molar-refractivity contribution is 6.05. The number of carbonyl (C=O) groups is 1. The highest BCUT2D eigenvalue weighted by Crippen LogP contribution is 2.31. The molecule has 0 atom stereocenters. The first-order chi connectivity index (χ1) is 11.7. The van der Waals surface area contributed by atoms with Crippen LogP contribution in [0.25, 0.3) is 11.4 Å². The Balaban J connectivity index is 1.87.